The first kappa shape index (κ1) is 30.8. The van der Waals surface area contributed by atoms with Gasteiger partial charge in [-0.1, -0.05) is 6.42 Å². The summed E-state index contributed by atoms with van der Waals surface area (Å²) in [4.78, 5) is 35.6. The summed E-state index contributed by atoms with van der Waals surface area (Å²) < 4.78 is 28.1. The first-order valence-corrected chi connectivity index (χ1v) is 13.9. The molecule has 0 aliphatic carbocycles. The van der Waals surface area contributed by atoms with Crippen LogP contribution in [0, 0.1) is 0 Å². The molecule has 0 atom stereocenters. The lowest BCUT2D eigenvalue weighted by molar-refractivity contribution is -0.142. The Balaban J connectivity index is 1.12. The van der Waals surface area contributed by atoms with Crippen molar-refractivity contribution in [2.45, 2.75) is 45.6 Å². The standard InChI is InChI=1S/C28H37N7O7/c1-19(36)41-16-15-40-14-13-39-12-11-38-10-8-21(37)5-3-2-4-9-35-27-24(26(29)31-18-32-27)25(34-35)20-6-7-23-22(17-20)33-28(30)42-23/h6-7,17-18H,2-5,8-16H2,1H3,(H2,30,33)(H2,29,31,32). The Labute approximate surface area is 242 Å². The van der Waals surface area contributed by atoms with Crippen LogP contribution in [0.5, 0.6) is 0 Å². The second kappa shape index (κ2) is 15.7. The third kappa shape index (κ3) is 8.93. The fourth-order valence-electron chi connectivity index (χ4n) is 4.34. The van der Waals surface area contributed by atoms with E-state index >= 15 is 0 Å². The lowest BCUT2D eigenvalue weighted by Gasteiger charge is -2.07. The number of oxazole rings is 1. The number of ether oxygens (including phenoxy) is 4. The largest absolute Gasteiger partial charge is 0.463 e. The molecule has 1 aromatic carbocycles. The molecule has 0 saturated carbocycles. The monoisotopic (exact) mass is 583 g/mol. The number of esters is 1. The second-order valence-corrected chi connectivity index (χ2v) is 9.54. The van der Waals surface area contributed by atoms with E-state index in [1.807, 2.05) is 16.8 Å². The number of rotatable bonds is 19. The minimum absolute atomic E-state index is 0.102. The highest BCUT2D eigenvalue weighted by atomic mass is 16.6. The zero-order valence-corrected chi connectivity index (χ0v) is 23.8. The van der Waals surface area contributed by atoms with Gasteiger partial charge in [-0.2, -0.15) is 10.1 Å². The maximum absolute atomic E-state index is 12.2. The van der Waals surface area contributed by atoms with Crippen molar-refractivity contribution in [3.05, 3.63) is 24.5 Å². The topological polar surface area (TPSA) is 193 Å². The van der Waals surface area contributed by atoms with Gasteiger partial charge in [0.1, 0.15) is 35.7 Å². The summed E-state index contributed by atoms with van der Waals surface area (Å²) in [5.74, 6) is 0.198. The molecule has 3 aromatic heterocycles. The number of aryl methyl sites for hydroxylation is 1. The molecule has 226 valence electrons. The number of carbonyl (C=O) groups is 2. The van der Waals surface area contributed by atoms with Crippen molar-refractivity contribution in [1.29, 1.82) is 0 Å². The van der Waals surface area contributed by atoms with Crippen molar-refractivity contribution in [3.63, 3.8) is 0 Å². The number of ketones is 1. The van der Waals surface area contributed by atoms with Crippen LogP contribution < -0.4 is 11.5 Å². The number of hydrogen-bond acceptors (Lipinski definition) is 13. The lowest BCUT2D eigenvalue weighted by atomic mass is 10.1. The van der Waals surface area contributed by atoms with Crippen molar-refractivity contribution >= 4 is 45.7 Å². The Kier molecular flexibility index (Phi) is 11.6. The van der Waals surface area contributed by atoms with Crippen molar-refractivity contribution in [3.8, 4) is 11.3 Å². The highest BCUT2D eigenvalue weighted by Crippen LogP contribution is 2.32. The molecule has 0 amide bonds. The number of fused-ring (bicyclic) bond motifs is 2. The first-order valence-electron chi connectivity index (χ1n) is 13.9. The fourth-order valence-corrected chi connectivity index (χ4v) is 4.34. The summed E-state index contributed by atoms with van der Waals surface area (Å²) in [6.07, 6.45) is 4.79. The molecular weight excluding hydrogens is 546 g/mol. The minimum atomic E-state index is -0.326. The molecule has 0 aliphatic heterocycles. The van der Waals surface area contributed by atoms with Gasteiger partial charge in [0, 0.05) is 31.9 Å². The fraction of sp³-hybridized carbons (Fsp3) is 0.500. The lowest BCUT2D eigenvalue weighted by Crippen LogP contribution is -2.13. The van der Waals surface area contributed by atoms with Crippen LogP contribution in [0.25, 0.3) is 33.4 Å². The maximum atomic E-state index is 12.2. The van der Waals surface area contributed by atoms with Crippen LogP contribution in [0.1, 0.15) is 39.0 Å². The number of carbonyl (C=O) groups excluding carboxylic acids is 2. The van der Waals surface area contributed by atoms with Gasteiger partial charge in [0.25, 0.3) is 6.01 Å². The Morgan fingerprint density at radius 1 is 0.905 bits per heavy atom. The number of hydrogen-bond donors (Lipinski definition) is 2. The van der Waals surface area contributed by atoms with Crippen molar-refractivity contribution in [2.24, 2.45) is 0 Å². The second-order valence-electron chi connectivity index (χ2n) is 9.54. The van der Waals surface area contributed by atoms with E-state index in [4.69, 9.17) is 39.9 Å². The van der Waals surface area contributed by atoms with Gasteiger partial charge in [-0.05, 0) is 31.0 Å². The third-order valence-corrected chi connectivity index (χ3v) is 6.36. The molecule has 4 aromatic rings. The van der Waals surface area contributed by atoms with Crippen LogP contribution in [0.3, 0.4) is 0 Å². The summed E-state index contributed by atoms with van der Waals surface area (Å²) in [5, 5.41) is 5.47. The number of nitrogen functional groups attached to an aromatic ring is 2. The number of unbranched alkanes of at least 4 members (excludes halogenated alkanes) is 2. The van der Waals surface area contributed by atoms with Crippen LogP contribution in [-0.2, 0) is 35.1 Å². The molecule has 0 bridgehead atoms. The number of Topliss-reactive ketones (excluding diaryl/α,β-unsaturated/α-hetero) is 1. The third-order valence-electron chi connectivity index (χ3n) is 6.36. The van der Waals surface area contributed by atoms with Gasteiger partial charge in [-0.3, -0.25) is 9.59 Å². The summed E-state index contributed by atoms with van der Waals surface area (Å²) in [7, 11) is 0. The van der Waals surface area contributed by atoms with Gasteiger partial charge in [0.2, 0.25) is 0 Å². The Morgan fingerprint density at radius 3 is 2.40 bits per heavy atom. The van der Waals surface area contributed by atoms with Crippen LogP contribution in [0.4, 0.5) is 11.8 Å². The summed E-state index contributed by atoms with van der Waals surface area (Å²) in [6, 6.07) is 5.62. The van der Waals surface area contributed by atoms with Crippen molar-refractivity contribution in [2.75, 3.05) is 57.7 Å². The molecule has 4 rings (SSSR count). The smallest absolute Gasteiger partial charge is 0.302 e. The average molecular weight is 584 g/mol. The molecule has 3 heterocycles. The van der Waals surface area contributed by atoms with Gasteiger partial charge in [-0.25, -0.2) is 14.6 Å². The Bertz CT molecular complexity index is 1470. The Hall–Kier alpha value is -4.14. The molecule has 0 saturated heterocycles. The van der Waals surface area contributed by atoms with Crippen molar-refractivity contribution in [1.82, 2.24) is 24.7 Å². The highest BCUT2D eigenvalue weighted by Gasteiger charge is 2.18. The van der Waals surface area contributed by atoms with Gasteiger partial charge >= 0.3 is 5.97 Å². The molecule has 14 nitrogen and oxygen atoms in total. The van der Waals surface area contributed by atoms with E-state index in [0.29, 0.717) is 92.7 Å². The average Bonchev–Trinajstić information content (AvgIpc) is 3.53. The highest BCUT2D eigenvalue weighted by molar-refractivity contribution is 5.99. The van der Waals surface area contributed by atoms with Gasteiger partial charge in [-0.15, -0.1) is 0 Å². The van der Waals surface area contributed by atoms with E-state index in [0.717, 1.165) is 24.8 Å². The van der Waals surface area contributed by atoms with Crippen LogP contribution in [0.2, 0.25) is 0 Å². The number of nitrogens with zero attached hydrogens (tertiary/aromatic N) is 5. The van der Waals surface area contributed by atoms with E-state index in [1.165, 1.54) is 13.3 Å². The quantitative estimate of drug-likeness (QED) is 0.121. The zero-order chi connectivity index (χ0) is 29.7. The molecule has 0 aliphatic rings. The maximum Gasteiger partial charge on any atom is 0.302 e. The van der Waals surface area contributed by atoms with E-state index in [-0.39, 0.29) is 24.4 Å². The van der Waals surface area contributed by atoms with Gasteiger partial charge < -0.3 is 34.8 Å². The molecule has 14 heteroatoms. The zero-order valence-electron chi connectivity index (χ0n) is 23.8. The molecule has 0 fully saturated rings. The normalized spacial score (nSPS) is 11.5. The molecule has 42 heavy (non-hydrogen) atoms. The van der Waals surface area contributed by atoms with E-state index in [1.54, 1.807) is 6.07 Å². The predicted molar refractivity (Wildman–Crippen MR) is 154 cm³/mol. The molecule has 0 spiro atoms. The molecular formula is C28H37N7O7. The first-order chi connectivity index (χ1) is 20.4. The van der Waals surface area contributed by atoms with Gasteiger partial charge in [0.05, 0.1) is 45.0 Å². The molecule has 0 radical (unpaired) electrons. The van der Waals surface area contributed by atoms with E-state index in [9.17, 15) is 9.59 Å². The number of benzene rings is 1. The minimum Gasteiger partial charge on any atom is -0.463 e. The van der Waals surface area contributed by atoms with E-state index < -0.39 is 0 Å². The SMILES string of the molecule is CC(=O)OCCOCCOCCOCCC(=O)CCCCCn1nc(-c2ccc3oc(N)nc3c2)c2c(N)ncnc21. The van der Waals surface area contributed by atoms with Gasteiger partial charge in [0.15, 0.2) is 11.2 Å². The Morgan fingerprint density at radius 2 is 1.64 bits per heavy atom. The molecule has 4 N–H and O–H groups in total. The van der Waals surface area contributed by atoms with E-state index in [2.05, 4.69) is 15.0 Å². The van der Waals surface area contributed by atoms with Crippen molar-refractivity contribution < 1.29 is 33.0 Å². The number of nitrogens with two attached hydrogens (primary N) is 2. The summed E-state index contributed by atoms with van der Waals surface area (Å²) >= 11 is 0. The van der Waals surface area contributed by atoms with Crippen LogP contribution in [-0.4, -0.2) is 82.7 Å². The summed E-state index contributed by atoms with van der Waals surface area (Å²) in [6.45, 7) is 4.60. The molecule has 0 unspecified atom stereocenters. The summed E-state index contributed by atoms with van der Waals surface area (Å²) in [5.41, 5.74) is 15.2. The number of anilines is 2. The van der Waals surface area contributed by atoms with Crippen LogP contribution in [0.15, 0.2) is 28.9 Å². The number of aromatic nitrogens is 5. The van der Waals surface area contributed by atoms with Crippen LogP contribution >= 0.6 is 0 Å². The predicted octanol–water partition coefficient (Wildman–Crippen LogP) is 2.93.